The lowest BCUT2D eigenvalue weighted by molar-refractivity contribution is 1.55. The first-order valence-corrected chi connectivity index (χ1v) is 7.30. The van der Waals surface area contributed by atoms with Crippen LogP contribution < -0.4 is 0 Å². The van der Waals surface area contributed by atoms with Crippen molar-refractivity contribution in [3.05, 3.63) is 89.0 Å². The fourth-order valence-corrected chi connectivity index (χ4v) is 3.15. The van der Waals surface area contributed by atoms with E-state index in [4.69, 9.17) is 0 Å². The molecular weight excluding hydrogens is 252 g/mol. The smallest absolute Gasteiger partial charge is 0.00325 e. The third-order valence-electron chi connectivity index (χ3n) is 4.13. The molecule has 0 spiro atoms. The number of benzene rings is 3. The Balaban J connectivity index is 1.86. The fraction of sp³-hybridized carbons (Fsp3) is 0.0476. The summed E-state index contributed by atoms with van der Waals surface area (Å²) >= 11 is 0. The van der Waals surface area contributed by atoms with Crippen molar-refractivity contribution in [1.82, 2.24) is 0 Å². The molecule has 3 aromatic carbocycles. The maximum absolute atomic E-state index is 2.31. The van der Waals surface area contributed by atoms with E-state index in [1.807, 2.05) is 0 Å². The van der Waals surface area contributed by atoms with Crippen molar-refractivity contribution in [3.63, 3.8) is 0 Å². The zero-order valence-corrected chi connectivity index (χ0v) is 12.0. The number of allylic oxidation sites excluding steroid dienone is 2. The quantitative estimate of drug-likeness (QED) is 0.551. The Morgan fingerprint density at radius 2 is 1.57 bits per heavy atom. The Morgan fingerprint density at radius 3 is 2.38 bits per heavy atom. The van der Waals surface area contributed by atoms with Gasteiger partial charge in [0.05, 0.1) is 0 Å². The van der Waals surface area contributed by atoms with Gasteiger partial charge in [0.15, 0.2) is 0 Å². The van der Waals surface area contributed by atoms with Crippen molar-refractivity contribution < 1.29 is 0 Å². The van der Waals surface area contributed by atoms with Crippen LogP contribution in [-0.4, -0.2) is 0 Å². The molecule has 0 atom stereocenters. The summed E-state index contributed by atoms with van der Waals surface area (Å²) in [6.07, 6.45) is 4.57. The van der Waals surface area contributed by atoms with Crippen molar-refractivity contribution in [2.75, 3.05) is 0 Å². The zero-order valence-electron chi connectivity index (χ0n) is 12.0. The lowest BCUT2D eigenvalue weighted by Gasteiger charge is -2.07. The van der Waals surface area contributed by atoms with Crippen LogP contribution in [0.25, 0.3) is 28.5 Å². The van der Waals surface area contributed by atoms with Gasteiger partial charge in [0.1, 0.15) is 0 Å². The van der Waals surface area contributed by atoms with Crippen LogP contribution in [0.1, 0.15) is 23.6 Å². The molecule has 100 valence electrons. The highest BCUT2D eigenvalue weighted by molar-refractivity contribution is 6.13. The van der Waals surface area contributed by atoms with Gasteiger partial charge in [-0.1, -0.05) is 72.8 Å². The maximum atomic E-state index is 2.31. The highest BCUT2D eigenvalue weighted by atomic mass is 14.2. The Bertz CT molecular complexity index is 875. The highest BCUT2D eigenvalue weighted by Gasteiger charge is 2.16. The van der Waals surface area contributed by atoms with Gasteiger partial charge < -0.3 is 0 Å². The predicted molar refractivity (Wildman–Crippen MR) is 91.9 cm³/mol. The lowest BCUT2D eigenvalue weighted by Crippen LogP contribution is -1.84. The molecular formula is C21H16. The van der Waals surface area contributed by atoms with Crippen LogP contribution in [0.4, 0.5) is 0 Å². The zero-order chi connectivity index (χ0) is 14.2. The molecule has 0 unspecified atom stereocenters. The fourth-order valence-electron chi connectivity index (χ4n) is 3.15. The Kier molecular flexibility index (Phi) is 2.75. The summed E-state index contributed by atoms with van der Waals surface area (Å²) < 4.78 is 0. The second-order valence-electron chi connectivity index (χ2n) is 5.55. The van der Waals surface area contributed by atoms with Crippen LogP contribution in [0.3, 0.4) is 0 Å². The normalized spacial score (nSPS) is 13.6. The average Bonchev–Trinajstić information content (AvgIpc) is 2.90. The molecule has 0 nitrogen and oxygen atoms in total. The molecule has 0 fully saturated rings. The predicted octanol–water partition coefficient (Wildman–Crippen LogP) is 5.80. The molecule has 21 heavy (non-hydrogen) atoms. The van der Waals surface area contributed by atoms with E-state index in [0.717, 1.165) is 0 Å². The Labute approximate surface area is 125 Å². The molecule has 0 radical (unpaired) electrons. The molecule has 0 amide bonds. The molecule has 0 aromatic heterocycles. The van der Waals surface area contributed by atoms with Crippen molar-refractivity contribution in [3.8, 4) is 0 Å². The summed E-state index contributed by atoms with van der Waals surface area (Å²) in [5, 5.41) is 2.71. The topological polar surface area (TPSA) is 0 Å². The monoisotopic (exact) mass is 268 g/mol. The second kappa shape index (κ2) is 4.75. The van der Waals surface area contributed by atoms with Gasteiger partial charge in [-0.3, -0.25) is 0 Å². The summed E-state index contributed by atoms with van der Waals surface area (Å²) in [7, 11) is 0. The second-order valence-corrected chi connectivity index (χ2v) is 5.55. The van der Waals surface area contributed by atoms with E-state index >= 15 is 0 Å². The minimum Gasteiger partial charge on any atom is -0.0622 e. The molecule has 0 bridgehead atoms. The molecule has 0 heterocycles. The van der Waals surface area contributed by atoms with Gasteiger partial charge >= 0.3 is 0 Å². The molecule has 0 saturated carbocycles. The van der Waals surface area contributed by atoms with Crippen LogP contribution in [0.15, 0.2) is 72.3 Å². The summed E-state index contributed by atoms with van der Waals surface area (Å²) in [4.78, 5) is 0. The van der Waals surface area contributed by atoms with Gasteiger partial charge in [0.25, 0.3) is 0 Å². The molecule has 0 aliphatic heterocycles. The van der Waals surface area contributed by atoms with Gasteiger partial charge in [0.2, 0.25) is 0 Å². The van der Waals surface area contributed by atoms with E-state index in [0.29, 0.717) is 0 Å². The van der Waals surface area contributed by atoms with E-state index in [1.54, 1.807) is 0 Å². The SMILES string of the molecule is CC(=Cc1ccccc1)C1=Cc2cccc3cccc1c23. The van der Waals surface area contributed by atoms with Gasteiger partial charge in [-0.2, -0.15) is 0 Å². The van der Waals surface area contributed by atoms with E-state index in [-0.39, 0.29) is 0 Å². The van der Waals surface area contributed by atoms with Crippen LogP contribution in [0, 0.1) is 0 Å². The largest absolute Gasteiger partial charge is 0.0622 e. The van der Waals surface area contributed by atoms with Crippen molar-refractivity contribution in [1.29, 1.82) is 0 Å². The average molecular weight is 268 g/mol. The molecule has 3 aromatic rings. The Morgan fingerprint density at radius 1 is 0.810 bits per heavy atom. The highest BCUT2D eigenvalue weighted by Crippen LogP contribution is 2.40. The molecule has 1 aliphatic rings. The van der Waals surface area contributed by atoms with Gasteiger partial charge in [0, 0.05) is 0 Å². The van der Waals surface area contributed by atoms with Gasteiger partial charge in [-0.15, -0.1) is 0 Å². The number of rotatable bonds is 2. The summed E-state index contributed by atoms with van der Waals surface area (Å²) in [6, 6.07) is 23.6. The van der Waals surface area contributed by atoms with Gasteiger partial charge in [-0.25, -0.2) is 0 Å². The number of hydrogen-bond acceptors (Lipinski definition) is 0. The molecule has 0 saturated heterocycles. The first-order valence-electron chi connectivity index (χ1n) is 7.30. The number of hydrogen-bond donors (Lipinski definition) is 0. The van der Waals surface area contributed by atoms with E-state index in [9.17, 15) is 0 Å². The summed E-state index contributed by atoms with van der Waals surface area (Å²) in [5.74, 6) is 0. The van der Waals surface area contributed by atoms with Crippen LogP contribution >= 0.6 is 0 Å². The maximum Gasteiger partial charge on any atom is -0.00325 e. The van der Waals surface area contributed by atoms with E-state index in [2.05, 4.69) is 85.8 Å². The van der Waals surface area contributed by atoms with Crippen LogP contribution in [-0.2, 0) is 0 Å². The third kappa shape index (κ3) is 2.00. The summed E-state index contributed by atoms with van der Waals surface area (Å²) in [6.45, 7) is 2.20. The minimum atomic E-state index is 1.25. The van der Waals surface area contributed by atoms with Crippen LogP contribution in [0.2, 0.25) is 0 Å². The molecule has 1 aliphatic carbocycles. The van der Waals surface area contributed by atoms with Crippen molar-refractivity contribution >= 4 is 28.5 Å². The first kappa shape index (κ1) is 12.2. The van der Waals surface area contributed by atoms with E-state index in [1.165, 1.54) is 38.6 Å². The molecule has 0 heteroatoms. The van der Waals surface area contributed by atoms with Gasteiger partial charge in [-0.05, 0) is 51.6 Å². The summed E-state index contributed by atoms with van der Waals surface area (Å²) in [5.41, 5.74) is 6.58. The molecule has 0 N–H and O–H groups in total. The van der Waals surface area contributed by atoms with Crippen molar-refractivity contribution in [2.45, 2.75) is 6.92 Å². The minimum absolute atomic E-state index is 1.25. The van der Waals surface area contributed by atoms with Crippen LogP contribution in [0.5, 0.6) is 0 Å². The van der Waals surface area contributed by atoms with Crippen molar-refractivity contribution in [2.24, 2.45) is 0 Å². The van der Waals surface area contributed by atoms with E-state index < -0.39 is 0 Å². The first-order chi connectivity index (χ1) is 10.3. The lowest BCUT2D eigenvalue weighted by atomic mass is 9.97. The molecule has 4 rings (SSSR count). The third-order valence-corrected chi connectivity index (χ3v) is 4.13. The Hall–Kier alpha value is -2.60. The standard InChI is InChI=1S/C21H16/c1-15(13-16-7-3-2-4-8-16)20-14-18-11-5-9-17-10-6-12-19(20)21(17)18/h2-14H,1H3.